The first kappa shape index (κ1) is 23.5. The van der Waals surface area contributed by atoms with Crippen LogP contribution in [0.5, 0.6) is 5.75 Å². The van der Waals surface area contributed by atoms with Gasteiger partial charge in [-0.15, -0.1) is 0 Å². The van der Waals surface area contributed by atoms with Crippen molar-refractivity contribution in [2.45, 2.75) is 51.2 Å². The number of aryl methyl sites for hydroxylation is 3. The molecule has 1 N–H and O–H groups in total. The standard InChI is InChI=1S/C25H30N2O5S/c1-16-10-17(2)24(18(3)11-16)33(29,30)27(15-22-6-5-9-32-22)14-20-12-19-7-8-21(31-4)13-23(19)26-25(20)28/h7-8,10-13,22H,5-6,9,14-15H2,1-4H3,(H,26,28)/t22-/m1/s1. The Balaban J connectivity index is 1.77. The predicted molar refractivity (Wildman–Crippen MR) is 128 cm³/mol. The molecule has 2 heterocycles. The number of benzene rings is 2. The fourth-order valence-corrected chi connectivity index (χ4v) is 6.49. The Morgan fingerprint density at radius 1 is 1.12 bits per heavy atom. The largest absolute Gasteiger partial charge is 0.497 e. The monoisotopic (exact) mass is 470 g/mol. The molecule has 2 aromatic carbocycles. The highest BCUT2D eigenvalue weighted by atomic mass is 32.2. The van der Waals surface area contributed by atoms with Gasteiger partial charge in [0.15, 0.2) is 0 Å². The van der Waals surface area contributed by atoms with E-state index in [0.29, 0.717) is 39.5 Å². The van der Waals surface area contributed by atoms with E-state index in [9.17, 15) is 13.2 Å². The predicted octanol–water partition coefficient (Wildman–Crippen LogP) is 3.83. The van der Waals surface area contributed by atoms with Gasteiger partial charge < -0.3 is 14.5 Å². The zero-order valence-corrected chi connectivity index (χ0v) is 20.3. The highest BCUT2D eigenvalue weighted by molar-refractivity contribution is 7.89. The van der Waals surface area contributed by atoms with Crippen LogP contribution in [0.25, 0.3) is 10.9 Å². The van der Waals surface area contributed by atoms with E-state index < -0.39 is 10.0 Å². The molecule has 1 atom stereocenters. The minimum atomic E-state index is -3.86. The quantitative estimate of drug-likeness (QED) is 0.567. The molecular weight excluding hydrogens is 440 g/mol. The van der Waals surface area contributed by atoms with Crippen molar-refractivity contribution in [1.29, 1.82) is 0 Å². The highest BCUT2D eigenvalue weighted by Crippen LogP contribution is 2.28. The molecule has 4 rings (SSSR count). The molecule has 3 aromatic rings. The molecule has 0 saturated carbocycles. The van der Waals surface area contributed by atoms with Crippen molar-refractivity contribution in [3.05, 3.63) is 69.0 Å². The van der Waals surface area contributed by atoms with Crippen LogP contribution in [0.4, 0.5) is 0 Å². The molecule has 0 bridgehead atoms. The van der Waals surface area contributed by atoms with Gasteiger partial charge in [0.05, 0.1) is 23.6 Å². The van der Waals surface area contributed by atoms with Crippen LogP contribution in [0, 0.1) is 20.8 Å². The smallest absolute Gasteiger partial charge is 0.252 e. The third-order valence-corrected chi connectivity index (χ3v) is 8.23. The number of hydrogen-bond acceptors (Lipinski definition) is 5. The summed E-state index contributed by atoms with van der Waals surface area (Å²) in [6.07, 6.45) is 1.51. The molecule has 7 nitrogen and oxygen atoms in total. The molecule has 0 aliphatic carbocycles. The number of aromatic nitrogens is 1. The van der Waals surface area contributed by atoms with Gasteiger partial charge in [0, 0.05) is 31.3 Å². The van der Waals surface area contributed by atoms with Crippen molar-refractivity contribution >= 4 is 20.9 Å². The maximum Gasteiger partial charge on any atom is 0.252 e. The summed E-state index contributed by atoms with van der Waals surface area (Å²) in [5.74, 6) is 0.638. The maximum atomic E-state index is 13.9. The van der Waals surface area contributed by atoms with Crippen molar-refractivity contribution in [3.8, 4) is 5.75 Å². The average Bonchev–Trinajstić information content (AvgIpc) is 3.25. The van der Waals surface area contributed by atoms with E-state index in [4.69, 9.17) is 9.47 Å². The lowest BCUT2D eigenvalue weighted by molar-refractivity contribution is 0.0925. The molecule has 176 valence electrons. The van der Waals surface area contributed by atoms with Crippen LogP contribution >= 0.6 is 0 Å². The number of nitrogens with zero attached hydrogens (tertiary/aromatic N) is 1. The van der Waals surface area contributed by atoms with Crippen molar-refractivity contribution in [2.24, 2.45) is 0 Å². The Morgan fingerprint density at radius 3 is 2.48 bits per heavy atom. The summed E-state index contributed by atoms with van der Waals surface area (Å²) in [5, 5.41) is 0.808. The Morgan fingerprint density at radius 2 is 1.85 bits per heavy atom. The van der Waals surface area contributed by atoms with Gasteiger partial charge in [0.2, 0.25) is 10.0 Å². The van der Waals surface area contributed by atoms with Crippen LogP contribution in [0.2, 0.25) is 0 Å². The van der Waals surface area contributed by atoms with Gasteiger partial charge in [-0.2, -0.15) is 4.31 Å². The van der Waals surface area contributed by atoms with Crippen LogP contribution in [-0.4, -0.2) is 44.1 Å². The summed E-state index contributed by atoms with van der Waals surface area (Å²) in [6, 6.07) is 10.9. The van der Waals surface area contributed by atoms with Crippen molar-refractivity contribution < 1.29 is 17.9 Å². The van der Waals surface area contributed by atoms with Gasteiger partial charge >= 0.3 is 0 Å². The third-order valence-electron chi connectivity index (χ3n) is 6.11. The molecule has 0 unspecified atom stereocenters. The molecule has 0 radical (unpaired) electrons. The normalized spacial score (nSPS) is 16.6. The zero-order valence-electron chi connectivity index (χ0n) is 19.5. The van der Waals surface area contributed by atoms with Gasteiger partial charge in [-0.05, 0) is 68.3 Å². The zero-order chi connectivity index (χ0) is 23.8. The van der Waals surface area contributed by atoms with E-state index in [1.807, 2.05) is 45.0 Å². The molecule has 0 amide bonds. The minimum Gasteiger partial charge on any atom is -0.497 e. The lowest BCUT2D eigenvalue weighted by Gasteiger charge is -2.26. The third kappa shape index (κ3) is 4.83. The number of rotatable bonds is 7. The van der Waals surface area contributed by atoms with Gasteiger partial charge in [0.25, 0.3) is 5.56 Å². The van der Waals surface area contributed by atoms with E-state index in [0.717, 1.165) is 23.8 Å². The van der Waals surface area contributed by atoms with Crippen LogP contribution in [0.1, 0.15) is 35.1 Å². The number of nitrogens with one attached hydrogen (secondary N) is 1. The second kappa shape index (κ2) is 9.29. The van der Waals surface area contributed by atoms with E-state index in [1.165, 1.54) is 4.31 Å². The first-order valence-electron chi connectivity index (χ1n) is 11.1. The molecule has 1 fully saturated rings. The Kier molecular flexibility index (Phi) is 6.61. The van der Waals surface area contributed by atoms with Crippen LogP contribution in [0.15, 0.2) is 46.1 Å². The van der Waals surface area contributed by atoms with Crippen LogP contribution in [-0.2, 0) is 21.3 Å². The Hall–Kier alpha value is -2.68. The molecule has 0 spiro atoms. The molecule has 1 aromatic heterocycles. The molecule has 1 aliphatic heterocycles. The highest BCUT2D eigenvalue weighted by Gasteiger charge is 2.32. The number of hydrogen-bond donors (Lipinski definition) is 1. The fourth-order valence-electron chi connectivity index (χ4n) is 4.63. The topological polar surface area (TPSA) is 88.7 Å². The second-order valence-electron chi connectivity index (χ2n) is 8.74. The van der Waals surface area contributed by atoms with Gasteiger partial charge in [0.1, 0.15) is 5.75 Å². The summed E-state index contributed by atoms with van der Waals surface area (Å²) in [4.78, 5) is 16.1. The van der Waals surface area contributed by atoms with E-state index in [2.05, 4.69) is 4.98 Å². The Labute approximate surface area is 194 Å². The number of pyridine rings is 1. The lowest BCUT2D eigenvalue weighted by atomic mass is 10.1. The molecule has 33 heavy (non-hydrogen) atoms. The molecule has 1 saturated heterocycles. The summed E-state index contributed by atoms with van der Waals surface area (Å²) < 4.78 is 40.1. The molecule has 1 aliphatic rings. The van der Waals surface area contributed by atoms with Gasteiger partial charge in [-0.25, -0.2) is 8.42 Å². The summed E-state index contributed by atoms with van der Waals surface area (Å²) in [7, 11) is -2.30. The SMILES string of the molecule is COc1ccc2cc(CN(C[C@H]3CCCO3)S(=O)(=O)c3c(C)cc(C)cc3C)c(=O)[nH]c2c1. The van der Waals surface area contributed by atoms with E-state index in [1.54, 1.807) is 19.2 Å². The van der Waals surface area contributed by atoms with Crippen molar-refractivity contribution in [2.75, 3.05) is 20.3 Å². The van der Waals surface area contributed by atoms with Gasteiger partial charge in [-0.3, -0.25) is 4.79 Å². The number of sulfonamides is 1. The van der Waals surface area contributed by atoms with Crippen LogP contribution in [0.3, 0.4) is 0 Å². The number of methoxy groups -OCH3 is 1. The van der Waals surface area contributed by atoms with E-state index >= 15 is 0 Å². The first-order chi connectivity index (χ1) is 15.7. The fraction of sp³-hybridized carbons (Fsp3) is 0.400. The van der Waals surface area contributed by atoms with Crippen LogP contribution < -0.4 is 10.3 Å². The maximum absolute atomic E-state index is 13.9. The summed E-state index contributed by atoms with van der Waals surface area (Å²) in [5.41, 5.74) is 3.11. The van der Waals surface area contributed by atoms with Crippen molar-refractivity contribution in [3.63, 3.8) is 0 Å². The number of aromatic amines is 1. The molecular formula is C25H30N2O5S. The minimum absolute atomic E-state index is 0.0355. The summed E-state index contributed by atoms with van der Waals surface area (Å²) >= 11 is 0. The lowest BCUT2D eigenvalue weighted by Crippen LogP contribution is -2.38. The number of H-pyrrole nitrogens is 1. The van der Waals surface area contributed by atoms with Gasteiger partial charge in [-0.1, -0.05) is 17.7 Å². The second-order valence-corrected chi connectivity index (χ2v) is 10.6. The summed E-state index contributed by atoms with van der Waals surface area (Å²) in [6.45, 7) is 6.37. The van der Waals surface area contributed by atoms with E-state index in [-0.39, 0.29) is 24.8 Å². The average molecular weight is 471 g/mol. The first-order valence-corrected chi connectivity index (χ1v) is 12.5. The number of fused-ring (bicyclic) bond motifs is 1. The number of ether oxygens (including phenoxy) is 2. The molecule has 8 heteroatoms. The van der Waals surface area contributed by atoms with Crippen molar-refractivity contribution in [1.82, 2.24) is 9.29 Å². The Bertz CT molecular complexity index is 1320.